The second-order valence-electron chi connectivity index (χ2n) is 8.13. The number of carbonyl (C=O) groups is 1. The predicted molar refractivity (Wildman–Crippen MR) is 104 cm³/mol. The fourth-order valence-corrected chi connectivity index (χ4v) is 5.17. The Bertz CT molecular complexity index is 883. The number of rotatable bonds is 2. The van der Waals surface area contributed by atoms with Crippen molar-refractivity contribution < 1.29 is 19.4 Å². The zero-order valence-electron chi connectivity index (χ0n) is 15.8. The van der Waals surface area contributed by atoms with Crippen LogP contribution in [-0.2, 0) is 0 Å². The van der Waals surface area contributed by atoms with Crippen LogP contribution in [0.1, 0.15) is 54.1 Å². The standard InChI is InChI=1S/C23H25NO4/c25-22(16-6-2-1-3-7-16)24-13-12-23(26)11-5-4-8-18(23)21(24)17-9-10-19-20(14-17)28-15-27-19/h1-3,6-7,9-10,14,18,21,26H,4-5,8,11-13,15H2/t18-,21-,23+/m0/s1. The van der Waals surface area contributed by atoms with Crippen molar-refractivity contribution in [1.82, 2.24) is 4.90 Å². The molecule has 5 rings (SSSR count). The Balaban J connectivity index is 1.57. The first-order valence-electron chi connectivity index (χ1n) is 10.1. The van der Waals surface area contributed by atoms with Crippen LogP contribution in [0.3, 0.4) is 0 Å². The molecule has 0 unspecified atom stereocenters. The van der Waals surface area contributed by atoms with Gasteiger partial charge in [-0.2, -0.15) is 0 Å². The Labute approximate surface area is 164 Å². The van der Waals surface area contributed by atoms with E-state index in [0.29, 0.717) is 18.5 Å². The highest BCUT2D eigenvalue weighted by Crippen LogP contribution is 2.50. The molecule has 0 radical (unpaired) electrons. The third-order valence-electron chi connectivity index (χ3n) is 6.59. The van der Waals surface area contributed by atoms with Crippen molar-refractivity contribution >= 4 is 5.91 Å². The molecule has 2 fully saturated rings. The maximum Gasteiger partial charge on any atom is 0.254 e. The average molecular weight is 379 g/mol. The van der Waals surface area contributed by atoms with Gasteiger partial charge in [-0.05, 0) is 49.1 Å². The number of aliphatic hydroxyl groups is 1. The molecule has 2 aliphatic heterocycles. The lowest BCUT2D eigenvalue weighted by Gasteiger charge is -2.52. The minimum atomic E-state index is -0.702. The highest BCUT2D eigenvalue weighted by Gasteiger charge is 2.50. The van der Waals surface area contributed by atoms with Gasteiger partial charge in [0.05, 0.1) is 11.6 Å². The van der Waals surface area contributed by atoms with E-state index in [1.807, 2.05) is 53.4 Å². The summed E-state index contributed by atoms with van der Waals surface area (Å²) in [7, 11) is 0. The van der Waals surface area contributed by atoms with Crippen LogP contribution in [0.15, 0.2) is 48.5 Å². The fourth-order valence-electron chi connectivity index (χ4n) is 5.17. The average Bonchev–Trinajstić information content (AvgIpc) is 3.20. The molecule has 1 N–H and O–H groups in total. The smallest absolute Gasteiger partial charge is 0.254 e. The Kier molecular flexibility index (Phi) is 4.27. The molecule has 5 nitrogen and oxygen atoms in total. The fraction of sp³-hybridized carbons (Fsp3) is 0.435. The molecule has 1 saturated carbocycles. The molecular weight excluding hydrogens is 354 g/mol. The van der Waals surface area contributed by atoms with Gasteiger partial charge in [0.25, 0.3) is 5.91 Å². The van der Waals surface area contributed by atoms with E-state index in [1.54, 1.807) is 0 Å². The molecule has 1 amide bonds. The zero-order valence-corrected chi connectivity index (χ0v) is 15.8. The molecule has 2 aromatic carbocycles. The van der Waals surface area contributed by atoms with Gasteiger partial charge in [-0.3, -0.25) is 4.79 Å². The monoisotopic (exact) mass is 379 g/mol. The van der Waals surface area contributed by atoms with Gasteiger partial charge in [-0.25, -0.2) is 0 Å². The molecule has 28 heavy (non-hydrogen) atoms. The molecule has 3 atom stereocenters. The zero-order chi connectivity index (χ0) is 19.1. The number of hydrogen-bond donors (Lipinski definition) is 1. The van der Waals surface area contributed by atoms with Gasteiger partial charge < -0.3 is 19.5 Å². The van der Waals surface area contributed by atoms with Crippen molar-refractivity contribution in [1.29, 1.82) is 0 Å². The summed E-state index contributed by atoms with van der Waals surface area (Å²) in [5.41, 5.74) is 1.00. The van der Waals surface area contributed by atoms with Crippen molar-refractivity contribution in [3.8, 4) is 11.5 Å². The van der Waals surface area contributed by atoms with Gasteiger partial charge in [0, 0.05) is 18.0 Å². The molecular formula is C23H25NO4. The van der Waals surface area contributed by atoms with E-state index in [-0.39, 0.29) is 24.7 Å². The van der Waals surface area contributed by atoms with Gasteiger partial charge >= 0.3 is 0 Å². The second kappa shape index (κ2) is 6.82. The van der Waals surface area contributed by atoms with Crippen molar-refractivity contribution in [2.45, 2.75) is 43.7 Å². The van der Waals surface area contributed by atoms with Crippen molar-refractivity contribution in [2.75, 3.05) is 13.3 Å². The molecule has 1 saturated heterocycles. The molecule has 5 heteroatoms. The maximum atomic E-state index is 13.4. The van der Waals surface area contributed by atoms with E-state index >= 15 is 0 Å². The van der Waals surface area contributed by atoms with Crippen LogP contribution in [0.25, 0.3) is 0 Å². The maximum absolute atomic E-state index is 13.4. The topological polar surface area (TPSA) is 59.0 Å². The summed E-state index contributed by atoms with van der Waals surface area (Å²) in [5, 5.41) is 11.4. The predicted octanol–water partition coefficient (Wildman–Crippen LogP) is 3.92. The molecule has 2 heterocycles. The number of benzene rings is 2. The number of carbonyl (C=O) groups excluding carboxylic acids is 1. The highest BCUT2D eigenvalue weighted by atomic mass is 16.7. The summed E-state index contributed by atoms with van der Waals surface area (Å²) in [5.74, 6) is 1.51. The number of piperidine rings is 1. The van der Waals surface area contributed by atoms with Crippen molar-refractivity contribution in [3.05, 3.63) is 59.7 Å². The van der Waals surface area contributed by atoms with Crippen LogP contribution in [0.4, 0.5) is 0 Å². The highest BCUT2D eigenvalue weighted by molar-refractivity contribution is 5.94. The minimum Gasteiger partial charge on any atom is -0.454 e. The van der Waals surface area contributed by atoms with Gasteiger partial charge in [-0.15, -0.1) is 0 Å². The van der Waals surface area contributed by atoms with Crippen molar-refractivity contribution in [3.63, 3.8) is 0 Å². The normalized spacial score (nSPS) is 28.7. The first-order valence-corrected chi connectivity index (χ1v) is 10.1. The summed E-state index contributed by atoms with van der Waals surface area (Å²) in [6, 6.07) is 15.2. The molecule has 2 aromatic rings. The lowest BCUT2D eigenvalue weighted by atomic mass is 9.66. The Morgan fingerprint density at radius 2 is 1.86 bits per heavy atom. The van der Waals surface area contributed by atoms with E-state index in [2.05, 4.69) is 0 Å². The van der Waals surface area contributed by atoms with Crippen LogP contribution in [0.5, 0.6) is 11.5 Å². The molecule has 0 spiro atoms. The third kappa shape index (κ3) is 2.85. The Hall–Kier alpha value is -2.53. The van der Waals surface area contributed by atoms with Crippen LogP contribution in [-0.4, -0.2) is 34.9 Å². The van der Waals surface area contributed by atoms with Gasteiger partial charge in [0.1, 0.15) is 0 Å². The number of fused-ring (bicyclic) bond motifs is 2. The summed E-state index contributed by atoms with van der Waals surface area (Å²) < 4.78 is 11.0. The molecule has 0 bridgehead atoms. The SMILES string of the molecule is O=C(c1ccccc1)N1CC[C@]2(O)CCCC[C@H]2[C@@H]1c1ccc2c(c1)OCO2. The number of amides is 1. The molecule has 3 aliphatic rings. The van der Waals surface area contributed by atoms with Gasteiger partial charge in [-0.1, -0.05) is 37.1 Å². The summed E-state index contributed by atoms with van der Waals surface area (Å²) >= 11 is 0. The third-order valence-corrected chi connectivity index (χ3v) is 6.59. The lowest BCUT2D eigenvalue weighted by molar-refractivity contribution is -0.115. The van der Waals surface area contributed by atoms with Crippen LogP contribution >= 0.6 is 0 Å². The van der Waals surface area contributed by atoms with Crippen LogP contribution in [0, 0.1) is 5.92 Å². The molecule has 0 aromatic heterocycles. The quantitative estimate of drug-likeness (QED) is 0.859. The summed E-state index contributed by atoms with van der Waals surface area (Å²) in [6.45, 7) is 0.781. The van der Waals surface area contributed by atoms with Crippen molar-refractivity contribution in [2.24, 2.45) is 5.92 Å². The van der Waals surface area contributed by atoms with E-state index < -0.39 is 5.60 Å². The molecule has 1 aliphatic carbocycles. The van der Waals surface area contributed by atoms with Gasteiger partial charge in [0.2, 0.25) is 6.79 Å². The lowest BCUT2D eigenvalue weighted by Crippen LogP contribution is -2.56. The Morgan fingerprint density at radius 1 is 1.04 bits per heavy atom. The van der Waals surface area contributed by atoms with E-state index in [4.69, 9.17) is 9.47 Å². The number of likely N-dealkylation sites (tertiary alicyclic amines) is 1. The molecule has 146 valence electrons. The summed E-state index contributed by atoms with van der Waals surface area (Å²) in [6.07, 6.45) is 4.51. The second-order valence-corrected chi connectivity index (χ2v) is 8.13. The number of nitrogens with zero attached hydrogens (tertiary/aromatic N) is 1. The Morgan fingerprint density at radius 3 is 2.71 bits per heavy atom. The van der Waals surface area contributed by atoms with Gasteiger partial charge in [0.15, 0.2) is 11.5 Å². The van der Waals surface area contributed by atoms with E-state index in [9.17, 15) is 9.90 Å². The number of hydrogen-bond acceptors (Lipinski definition) is 4. The number of ether oxygens (including phenoxy) is 2. The van der Waals surface area contributed by atoms with E-state index in [0.717, 1.165) is 42.7 Å². The first-order chi connectivity index (χ1) is 13.7. The summed E-state index contributed by atoms with van der Waals surface area (Å²) in [4.78, 5) is 15.3. The van der Waals surface area contributed by atoms with Crippen LogP contribution < -0.4 is 9.47 Å². The first kappa shape index (κ1) is 17.6. The minimum absolute atomic E-state index is 0.0240. The van der Waals surface area contributed by atoms with E-state index in [1.165, 1.54) is 0 Å². The largest absolute Gasteiger partial charge is 0.454 e. The van der Waals surface area contributed by atoms with Crippen LogP contribution in [0.2, 0.25) is 0 Å².